The van der Waals surface area contributed by atoms with Gasteiger partial charge in [0.1, 0.15) is 0 Å². The molecule has 19 heavy (non-hydrogen) atoms. The minimum Gasteiger partial charge on any atom is -0.375 e. The Morgan fingerprint density at radius 2 is 1.95 bits per heavy atom. The van der Waals surface area contributed by atoms with E-state index in [1.54, 1.807) is 0 Å². The second-order valence-electron chi connectivity index (χ2n) is 7.11. The van der Waals surface area contributed by atoms with E-state index in [1.165, 1.54) is 25.9 Å². The smallest absolute Gasteiger partial charge is 0.0644 e. The van der Waals surface area contributed by atoms with Crippen LogP contribution in [0.3, 0.4) is 0 Å². The average molecular weight is 269 g/mol. The first kappa shape index (κ1) is 15.2. The predicted octanol–water partition coefficient (Wildman–Crippen LogP) is 1.30. The highest BCUT2D eigenvalue weighted by Gasteiger charge is 2.44. The molecule has 2 fully saturated rings. The standard InChI is InChI=1S/C15H31N3O/c1-14(2)11-15(12-16,7-10-19-14)18(4)13-5-8-17(3)9-6-13/h13H,5-12,16H2,1-4H3. The summed E-state index contributed by atoms with van der Waals surface area (Å²) in [6.07, 6.45) is 4.63. The fraction of sp³-hybridized carbons (Fsp3) is 1.00. The van der Waals surface area contributed by atoms with Gasteiger partial charge in [0.05, 0.1) is 5.60 Å². The highest BCUT2D eigenvalue weighted by atomic mass is 16.5. The highest BCUT2D eigenvalue weighted by Crippen LogP contribution is 2.37. The summed E-state index contributed by atoms with van der Waals surface area (Å²) in [7, 11) is 4.50. The maximum atomic E-state index is 6.19. The number of likely N-dealkylation sites (tertiary alicyclic amines) is 1. The molecular formula is C15H31N3O. The second-order valence-corrected chi connectivity index (χ2v) is 7.11. The minimum absolute atomic E-state index is 0.0443. The lowest BCUT2D eigenvalue weighted by Crippen LogP contribution is -2.62. The number of nitrogens with zero attached hydrogens (tertiary/aromatic N) is 2. The van der Waals surface area contributed by atoms with E-state index >= 15 is 0 Å². The maximum absolute atomic E-state index is 6.19. The van der Waals surface area contributed by atoms with Crippen molar-refractivity contribution in [3.8, 4) is 0 Å². The van der Waals surface area contributed by atoms with Crippen molar-refractivity contribution in [2.45, 2.75) is 56.7 Å². The number of piperidine rings is 1. The van der Waals surface area contributed by atoms with Crippen molar-refractivity contribution in [1.82, 2.24) is 9.80 Å². The Balaban J connectivity index is 2.07. The van der Waals surface area contributed by atoms with Gasteiger partial charge in [0.2, 0.25) is 0 Å². The molecule has 4 heteroatoms. The number of hydrogen-bond donors (Lipinski definition) is 1. The van der Waals surface area contributed by atoms with Gasteiger partial charge in [0, 0.05) is 24.7 Å². The van der Waals surface area contributed by atoms with E-state index in [0.29, 0.717) is 6.04 Å². The molecule has 2 aliphatic heterocycles. The maximum Gasteiger partial charge on any atom is 0.0644 e. The van der Waals surface area contributed by atoms with Crippen molar-refractivity contribution in [2.24, 2.45) is 5.73 Å². The Labute approximate surface area is 118 Å². The number of ether oxygens (including phenoxy) is 1. The van der Waals surface area contributed by atoms with Crippen LogP contribution in [0, 0.1) is 0 Å². The summed E-state index contributed by atoms with van der Waals surface area (Å²) < 4.78 is 5.89. The lowest BCUT2D eigenvalue weighted by Gasteiger charge is -2.53. The molecule has 0 amide bonds. The van der Waals surface area contributed by atoms with Crippen molar-refractivity contribution >= 4 is 0 Å². The summed E-state index contributed by atoms with van der Waals surface area (Å²) in [5, 5.41) is 0. The molecule has 112 valence electrons. The molecule has 0 aromatic rings. The van der Waals surface area contributed by atoms with Gasteiger partial charge in [-0.1, -0.05) is 0 Å². The molecule has 0 spiro atoms. The van der Waals surface area contributed by atoms with Gasteiger partial charge in [0.25, 0.3) is 0 Å². The molecule has 2 N–H and O–H groups in total. The Bertz CT molecular complexity index is 300. The van der Waals surface area contributed by atoms with E-state index in [2.05, 4.69) is 37.7 Å². The number of hydrogen-bond acceptors (Lipinski definition) is 4. The summed E-state index contributed by atoms with van der Waals surface area (Å²) in [4.78, 5) is 5.01. The number of likely N-dealkylation sites (N-methyl/N-ethyl adjacent to an activating group) is 1. The Hall–Kier alpha value is -0.160. The molecule has 1 unspecified atom stereocenters. The largest absolute Gasteiger partial charge is 0.375 e. The quantitative estimate of drug-likeness (QED) is 0.838. The van der Waals surface area contributed by atoms with Gasteiger partial charge >= 0.3 is 0 Å². The molecule has 0 saturated carbocycles. The molecule has 2 saturated heterocycles. The highest BCUT2D eigenvalue weighted by molar-refractivity contribution is 5.00. The first-order valence-corrected chi connectivity index (χ1v) is 7.64. The Morgan fingerprint density at radius 3 is 2.47 bits per heavy atom. The van der Waals surface area contributed by atoms with E-state index < -0.39 is 0 Å². The minimum atomic E-state index is -0.0443. The van der Waals surface area contributed by atoms with Crippen molar-refractivity contribution in [3.05, 3.63) is 0 Å². The monoisotopic (exact) mass is 269 g/mol. The van der Waals surface area contributed by atoms with Gasteiger partial charge in [-0.25, -0.2) is 0 Å². The summed E-state index contributed by atoms with van der Waals surface area (Å²) in [6, 6.07) is 0.675. The van der Waals surface area contributed by atoms with Crippen LogP contribution >= 0.6 is 0 Å². The van der Waals surface area contributed by atoms with Gasteiger partial charge in [-0.05, 0) is 66.7 Å². The van der Waals surface area contributed by atoms with Crippen molar-refractivity contribution in [3.63, 3.8) is 0 Å². The number of rotatable bonds is 3. The van der Waals surface area contributed by atoms with Crippen molar-refractivity contribution < 1.29 is 4.74 Å². The first-order valence-electron chi connectivity index (χ1n) is 7.64. The first-order chi connectivity index (χ1) is 8.88. The van der Waals surface area contributed by atoms with Gasteiger partial charge in [-0.2, -0.15) is 0 Å². The topological polar surface area (TPSA) is 41.7 Å². The van der Waals surface area contributed by atoms with Crippen molar-refractivity contribution in [1.29, 1.82) is 0 Å². The zero-order chi connectivity index (χ0) is 14.1. The lowest BCUT2D eigenvalue weighted by molar-refractivity contribution is -0.123. The van der Waals surface area contributed by atoms with E-state index in [9.17, 15) is 0 Å². The third-order valence-corrected chi connectivity index (χ3v) is 5.18. The fourth-order valence-electron chi connectivity index (χ4n) is 3.84. The Morgan fingerprint density at radius 1 is 1.32 bits per heavy atom. The summed E-state index contributed by atoms with van der Waals surface area (Å²) in [5.74, 6) is 0. The zero-order valence-electron chi connectivity index (χ0n) is 13.1. The molecule has 0 radical (unpaired) electrons. The summed E-state index contributed by atoms with van der Waals surface area (Å²) in [6.45, 7) is 8.37. The lowest BCUT2D eigenvalue weighted by atomic mass is 9.78. The molecular weight excluding hydrogens is 238 g/mol. The van der Waals surface area contributed by atoms with Gasteiger partial charge in [-0.15, -0.1) is 0 Å². The third kappa shape index (κ3) is 3.30. The van der Waals surface area contributed by atoms with E-state index in [4.69, 9.17) is 10.5 Å². The Kier molecular flexibility index (Phi) is 4.56. The fourth-order valence-corrected chi connectivity index (χ4v) is 3.84. The molecule has 4 nitrogen and oxygen atoms in total. The van der Waals surface area contributed by atoms with E-state index in [0.717, 1.165) is 26.0 Å². The van der Waals surface area contributed by atoms with Crippen LogP contribution in [0.4, 0.5) is 0 Å². The normalized spacial score (nSPS) is 33.8. The van der Waals surface area contributed by atoms with Crippen LogP contribution in [0.2, 0.25) is 0 Å². The molecule has 0 aromatic carbocycles. The molecule has 0 aromatic heterocycles. The van der Waals surface area contributed by atoms with Crippen LogP contribution in [0.15, 0.2) is 0 Å². The predicted molar refractivity (Wildman–Crippen MR) is 79.3 cm³/mol. The molecule has 0 bridgehead atoms. The van der Waals surface area contributed by atoms with Crippen LogP contribution in [0.5, 0.6) is 0 Å². The molecule has 2 aliphatic rings. The SMILES string of the molecule is CN1CCC(N(C)C2(CN)CCOC(C)(C)C2)CC1. The summed E-state index contributed by atoms with van der Waals surface area (Å²) >= 11 is 0. The van der Waals surface area contributed by atoms with Crippen LogP contribution in [-0.2, 0) is 4.74 Å². The van der Waals surface area contributed by atoms with Crippen LogP contribution in [0.1, 0.15) is 39.5 Å². The van der Waals surface area contributed by atoms with Crippen LogP contribution in [0.25, 0.3) is 0 Å². The average Bonchev–Trinajstić information content (AvgIpc) is 2.37. The molecule has 0 aliphatic carbocycles. The second kappa shape index (κ2) is 5.68. The molecule has 1 atom stereocenters. The third-order valence-electron chi connectivity index (χ3n) is 5.18. The molecule has 2 heterocycles. The van der Waals surface area contributed by atoms with E-state index in [1.807, 2.05) is 0 Å². The number of nitrogens with two attached hydrogens (primary N) is 1. The van der Waals surface area contributed by atoms with E-state index in [-0.39, 0.29) is 11.1 Å². The van der Waals surface area contributed by atoms with Crippen LogP contribution in [-0.4, -0.2) is 67.3 Å². The van der Waals surface area contributed by atoms with Gasteiger partial charge in [-0.3, -0.25) is 4.90 Å². The van der Waals surface area contributed by atoms with Gasteiger partial charge in [0.15, 0.2) is 0 Å². The van der Waals surface area contributed by atoms with Gasteiger partial charge < -0.3 is 15.4 Å². The summed E-state index contributed by atoms with van der Waals surface area (Å²) in [5.41, 5.74) is 6.27. The molecule has 2 rings (SSSR count). The van der Waals surface area contributed by atoms with Crippen LogP contribution < -0.4 is 5.73 Å². The van der Waals surface area contributed by atoms with Crippen molar-refractivity contribution in [2.75, 3.05) is 40.3 Å². The zero-order valence-corrected chi connectivity index (χ0v) is 13.1.